The Labute approximate surface area is 77.4 Å². The summed E-state index contributed by atoms with van der Waals surface area (Å²) in [5.74, 6) is 0. The monoisotopic (exact) mass is 209 g/mol. The van der Waals surface area contributed by atoms with E-state index in [2.05, 4.69) is 12.6 Å². The van der Waals surface area contributed by atoms with E-state index < -0.39 is 18.3 Å². The van der Waals surface area contributed by atoms with Crippen molar-refractivity contribution in [2.24, 2.45) is 0 Å². The summed E-state index contributed by atoms with van der Waals surface area (Å²) in [6.45, 7) is -1.28. The van der Waals surface area contributed by atoms with Crippen LogP contribution in [0.25, 0.3) is 0 Å². The molecule has 0 radical (unpaired) electrons. The molecule has 0 spiro atoms. The zero-order valence-corrected chi connectivity index (χ0v) is 7.27. The third-order valence-electron chi connectivity index (χ3n) is 1.32. The quantitative estimate of drug-likeness (QED) is 0.698. The predicted octanol–water partition coefficient (Wildman–Crippen LogP) is 1.70. The lowest BCUT2D eigenvalue weighted by atomic mass is 10.4. The Hall–Kier alpha value is -0.910. The molecular weight excluding hydrogens is 203 g/mol. The van der Waals surface area contributed by atoms with Gasteiger partial charge in [-0.1, -0.05) is 0 Å². The number of thiol groups is 1. The second-order valence-corrected chi connectivity index (χ2v) is 2.99. The van der Waals surface area contributed by atoms with Crippen LogP contribution in [0.3, 0.4) is 0 Å². The van der Waals surface area contributed by atoms with Gasteiger partial charge in [-0.05, 0) is 6.07 Å². The Bertz CT molecular complexity index is 357. The third kappa shape index (κ3) is 3.14. The van der Waals surface area contributed by atoms with Gasteiger partial charge >= 0.3 is 6.18 Å². The van der Waals surface area contributed by atoms with Crippen LogP contribution in [-0.4, -0.2) is 10.7 Å². The molecule has 0 aliphatic rings. The predicted molar refractivity (Wildman–Crippen MR) is 44.0 cm³/mol. The minimum Gasteiger partial charge on any atom is -0.305 e. The molecule has 1 rings (SSSR count). The third-order valence-corrected chi connectivity index (χ3v) is 1.58. The summed E-state index contributed by atoms with van der Waals surface area (Å²) in [6.07, 6.45) is -3.33. The lowest BCUT2D eigenvalue weighted by Crippen LogP contribution is -2.27. The van der Waals surface area contributed by atoms with Crippen LogP contribution in [0.4, 0.5) is 13.2 Å². The van der Waals surface area contributed by atoms with Crippen molar-refractivity contribution in [1.29, 1.82) is 0 Å². The van der Waals surface area contributed by atoms with Gasteiger partial charge in [-0.3, -0.25) is 4.79 Å². The van der Waals surface area contributed by atoms with Crippen LogP contribution in [0.15, 0.2) is 28.0 Å². The van der Waals surface area contributed by atoms with Crippen LogP contribution >= 0.6 is 12.6 Å². The van der Waals surface area contributed by atoms with Gasteiger partial charge in [-0.25, -0.2) is 0 Å². The van der Waals surface area contributed by atoms with Crippen molar-refractivity contribution in [3.63, 3.8) is 0 Å². The minimum absolute atomic E-state index is 0.323. The van der Waals surface area contributed by atoms with Gasteiger partial charge in [0.15, 0.2) is 0 Å². The number of hydrogen-bond donors (Lipinski definition) is 1. The van der Waals surface area contributed by atoms with Gasteiger partial charge in [-0.15, -0.1) is 12.6 Å². The maximum atomic E-state index is 11.9. The number of hydrogen-bond acceptors (Lipinski definition) is 2. The van der Waals surface area contributed by atoms with E-state index in [-0.39, 0.29) is 0 Å². The van der Waals surface area contributed by atoms with Crippen LogP contribution in [0.5, 0.6) is 0 Å². The summed E-state index contributed by atoms with van der Waals surface area (Å²) in [5, 5.41) is 0. The summed E-state index contributed by atoms with van der Waals surface area (Å²) >= 11 is 3.82. The number of alkyl halides is 3. The van der Waals surface area contributed by atoms with E-state index in [1.807, 2.05) is 0 Å². The Balaban J connectivity index is 3.01. The fourth-order valence-corrected chi connectivity index (χ4v) is 1.05. The molecule has 72 valence electrons. The minimum atomic E-state index is -4.38. The summed E-state index contributed by atoms with van der Waals surface area (Å²) in [7, 11) is 0. The van der Waals surface area contributed by atoms with Crippen molar-refractivity contribution in [1.82, 2.24) is 4.57 Å². The zero-order chi connectivity index (χ0) is 10.1. The van der Waals surface area contributed by atoms with Crippen molar-refractivity contribution in [3.8, 4) is 0 Å². The van der Waals surface area contributed by atoms with Crippen LogP contribution in [0.2, 0.25) is 0 Å². The van der Waals surface area contributed by atoms with E-state index in [1.165, 1.54) is 6.07 Å². The second-order valence-electron chi connectivity index (χ2n) is 2.47. The summed E-state index contributed by atoms with van der Waals surface area (Å²) < 4.78 is 36.2. The standard InChI is InChI=1S/C7H6F3NOS/c8-7(9,10)4-11-3-5(13)1-2-6(11)12/h1-3,13H,4H2. The number of aromatic nitrogens is 1. The number of rotatable bonds is 1. The van der Waals surface area contributed by atoms with Crippen molar-refractivity contribution >= 4 is 12.6 Å². The van der Waals surface area contributed by atoms with Gasteiger partial charge in [0.25, 0.3) is 5.56 Å². The van der Waals surface area contributed by atoms with Crippen molar-refractivity contribution in [2.45, 2.75) is 17.6 Å². The fraction of sp³-hybridized carbons (Fsp3) is 0.286. The van der Waals surface area contributed by atoms with Crippen LogP contribution in [0, 0.1) is 0 Å². The highest BCUT2D eigenvalue weighted by Crippen LogP contribution is 2.16. The molecule has 0 atom stereocenters. The summed E-state index contributed by atoms with van der Waals surface area (Å²) in [6, 6.07) is 2.40. The lowest BCUT2D eigenvalue weighted by Gasteiger charge is -2.08. The average Bonchev–Trinajstić information content (AvgIpc) is 1.94. The van der Waals surface area contributed by atoms with Crippen molar-refractivity contribution < 1.29 is 13.2 Å². The summed E-state index contributed by atoms with van der Waals surface area (Å²) in [4.78, 5) is 11.2. The first-order valence-electron chi connectivity index (χ1n) is 3.35. The highest BCUT2D eigenvalue weighted by atomic mass is 32.1. The van der Waals surface area contributed by atoms with E-state index in [9.17, 15) is 18.0 Å². The van der Waals surface area contributed by atoms with Crippen molar-refractivity contribution in [2.75, 3.05) is 0 Å². The van der Waals surface area contributed by atoms with Gasteiger partial charge in [0.05, 0.1) is 0 Å². The molecule has 0 N–H and O–H groups in total. The Kier molecular flexibility index (Phi) is 2.70. The normalized spacial score (nSPS) is 11.7. The van der Waals surface area contributed by atoms with E-state index in [1.54, 1.807) is 0 Å². The van der Waals surface area contributed by atoms with Crippen LogP contribution in [-0.2, 0) is 6.54 Å². The molecule has 0 amide bonds. The molecule has 0 aliphatic carbocycles. The molecule has 0 saturated heterocycles. The lowest BCUT2D eigenvalue weighted by molar-refractivity contribution is -0.141. The van der Waals surface area contributed by atoms with E-state index in [4.69, 9.17) is 0 Å². The van der Waals surface area contributed by atoms with Gasteiger partial charge in [0.1, 0.15) is 6.54 Å². The Morgan fingerprint density at radius 3 is 2.54 bits per heavy atom. The molecule has 0 aromatic carbocycles. The first-order chi connectivity index (χ1) is 5.88. The second kappa shape index (κ2) is 3.45. The molecule has 1 aromatic heterocycles. The SMILES string of the molecule is O=c1ccc(S)cn1CC(F)(F)F. The largest absolute Gasteiger partial charge is 0.406 e. The molecule has 0 aliphatic heterocycles. The Morgan fingerprint density at radius 2 is 2.00 bits per heavy atom. The fourth-order valence-electron chi connectivity index (χ4n) is 0.835. The first kappa shape index (κ1) is 10.2. The van der Waals surface area contributed by atoms with E-state index >= 15 is 0 Å². The zero-order valence-electron chi connectivity index (χ0n) is 6.38. The first-order valence-corrected chi connectivity index (χ1v) is 3.79. The van der Waals surface area contributed by atoms with E-state index in [0.29, 0.717) is 9.46 Å². The Morgan fingerprint density at radius 1 is 1.38 bits per heavy atom. The molecular formula is C7H6F3NOS. The van der Waals surface area contributed by atoms with Crippen LogP contribution in [0.1, 0.15) is 0 Å². The molecule has 0 unspecified atom stereocenters. The molecule has 1 heterocycles. The van der Waals surface area contributed by atoms with Gasteiger partial charge in [0.2, 0.25) is 0 Å². The maximum absolute atomic E-state index is 11.9. The van der Waals surface area contributed by atoms with Crippen molar-refractivity contribution in [3.05, 3.63) is 28.7 Å². The highest BCUT2D eigenvalue weighted by molar-refractivity contribution is 7.80. The molecule has 13 heavy (non-hydrogen) atoms. The van der Waals surface area contributed by atoms with Crippen LogP contribution < -0.4 is 5.56 Å². The van der Waals surface area contributed by atoms with Gasteiger partial charge < -0.3 is 4.57 Å². The molecule has 1 aromatic rings. The number of halogens is 3. The molecule has 0 fully saturated rings. The van der Waals surface area contributed by atoms with Gasteiger partial charge in [-0.2, -0.15) is 13.2 Å². The summed E-state index contributed by atoms with van der Waals surface area (Å²) in [5.41, 5.74) is -0.685. The molecule has 2 nitrogen and oxygen atoms in total. The average molecular weight is 209 g/mol. The van der Waals surface area contributed by atoms with Gasteiger partial charge in [0, 0.05) is 17.2 Å². The smallest absolute Gasteiger partial charge is 0.305 e. The molecule has 0 saturated carbocycles. The number of pyridine rings is 1. The maximum Gasteiger partial charge on any atom is 0.406 e. The van der Waals surface area contributed by atoms with E-state index in [0.717, 1.165) is 12.3 Å². The molecule has 6 heteroatoms. The highest BCUT2D eigenvalue weighted by Gasteiger charge is 2.28. The molecule has 0 bridgehead atoms. The topological polar surface area (TPSA) is 22.0 Å². The number of nitrogens with zero attached hydrogens (tertiary/aromatic N) is 1.